The molecular weight excluding hydrogens is 338 g/mol. The predicted molar refractivity (Wildman–Crippen MR) is 94.9 cm³/mol. The predicted octanol–water partition coefficient (Wildman–Crippen LogP) is 5.56. The van der Waals surface area contributed by atoms with Crippen molar-refractivity contribution in [3.63, 3.8) is 0 Å². The van der Waals surface area contributed by atoms with Gasteiger partial charge in [-0.05, 0) is 44.5 Å². The maximum Gasteiger partial charge on any atom is 0.129 e. The molecule has 0 aromatic heterocycles. The van der Waals surface area contributed by atoms with Crippen LogP contribution in [0.5, 0.6) is 5.75 Å². The van der Waals surface area contributed by atoms with Crippen LogP contribution in [-0.2, 0) is 0 Å². The van der Waals surface area contributed by atoms with Gasteiger partial charge in [-0.2, -0.15) is 0 Å². The molecule has 3 heteroatoms. The monoisotopic (exact) mass is 357 g/mol. The Kier molecular flexibility index (Phi) is 4.09. The van der Waals surface area contributed by atoms with Gasteiger partial charge in [-0.3, -0.25) is 4.99 Å². The zero-order chi connectivity index (χ0) is 15.7. The molecule has 0 N–H and O–H groups in total. The van der Waals surface area contributed by atoms with Crippen molar-refractivity contribution >= 4 is 21.6 Å². The summed E-state index contributed by atoms with van der Waals surface area (Å²) in [7, 11) is 0. The van der Waals surface area contributed by atoms with Gasteiger partial charge >= 0.3 is 0 Å². The number of ether oxygens (including phenoxy) is 1. The van der Waals surface area contributed by atoms with Gasteiger partial charge in [-0.15, -0.1) is 0 Å². The summed E-state index contributed by atoms with van der Waals surface area (Å²) < 4.78 is 7.14. The summed E-state index contributed by atoms with van der Waals surface area (Å²) in [4.78, 5) is 5.00. The third kappa shape index (κ3) is 3.25. The average Bonchev–Trinajstić information content (AvgIpc) is 2.48. The summed E-state index contributed by atoms with van der Waals surface area (Å²) in [6.45, 7) is 6.36. The molecule has 3 rings (SSSR count). The first kappa shape index (κ1) is 15.3. The number of rotatable bonds is 2. The van der Waals surface area contributed by atoms with E-state index in [1.165, 1.54) is 5.56 Å². The Bertz CT molecular complexity index is 707. The molecule has 0 aliphatic carbocycles. The SMILES string of the molecule is CC(N=C1CC(C)(C)Oc2ccc(Br)cc21)c1ccccc1. The van der Waals surface area contributed by atoms with E-state index in [4.69, 9.17) is 9.73 Å². The summed E-state index contributed by atoms with van der Waals surface area (Å²) in [5.74, 6) is 0.915. The Morgan fingerprint density at radius 2 is 1.86 bits per heavy atom. The maximum absolute atomic E-state index is 6.09. The van der Waals surface area contributed by atoms with Crippen molar-refractivity contribution in [3.05, 3.63) is 64.1 Å². The van der Waals surface area contributed by atoms with E-state index in [0.29, 0.717) is 0 Å². The Morgan fingerprint density at radius 1 is 1.14 bits per heavy atom. The average molecular weight is 358 g/mol. The third-order valence-electron chi connectivity index (χ3n) is 3.86. The van der Waals surface area contributed by atoms with Crippen molar-refractivity contribution < 1.29 is 4.74 Å². The van der Waals surface area contributed by atoms with Gasteiger partial charge in [-0.1, -0.05) is 46.3 Å². The number of aliphatic imine (C=N–C) groups is 1. The lowest BCUT2D eigenvalue weighted by Gasteiger charge is -2.34. The molecule has 0 fully saturated rings. The van der Waals surface area contributed by atoms with Gasteiger partial charge in [0.25, 0.3) is 0 Å². The molecule has 0 bridgehead atoms. The zero-order valence-electron chi connectivity index (χ0n) is 13.1. The molecular formula is C19H20BrNO. The smallest absolute Gasteiger partial charge is 0.129 e. The van der Waals surface area contributed by atoms with E-state index in [-0.39, 0.29) is 11.6 Å². The van der Waals surface area contributed by atoms with Crippen LogP contribution < -0.4 is 4.74 Å². The molecule has 0 spiro atoms. The minimum Gasteiger partial charge on any atom is -0.487 e. The highest BCUT2D eigenvalue weighted by atomic mass is 79.9. The van der Waals surface area contributed by atoms with Crippen LogP contribution in [0.25, 0.3) is 0 Å². The summed E-state index contributed by atoms with van der Waals surface area (Å²) in [5.41, 5.74) is 3.21. The molecule has 0 saturated heterocycles. The van der Waals surface area contributed by atoms with E-state index in [9.17, 15) is 0 Å². The highest BCUT2D eigenvalue weighted by Crippen LogP contribution is 2.36. The number of benzene rings is 2. The van der Waals surface area contributed by atoms with Gasteiger partial charge in [0.2, 0.25) is 0 Å². The van der Waals surface area contributed by atoms with Crippen LogP contribution >= 0.6 is 15.9 Å². The van der Waals surface area contributed by atoms with Crippen molar-refractivity contribution in [3.8, 4) is 5.75 Å². The molecule has 1 unspecified atom stereocenters. The van der Waals surface area contributed by atoms with Crippen molar-refractivity contribution in [1.82, 2.24) is 0 Å². The highest BCUT2D eigenvalue weighted by molar-refractivity contribution is 9.10. The van der Waals surface area contributed by atoms with Crippen LogP contribution in [0.2, 0.25) is 0 Å². The van der Waals surface area contributed by atoms with Gasteiger partial charge in [-0.25, -0.2) is 0 Å². The van der Waals surface area contributed by atoms with Crippen LogP contribution in [0.1, 0.15) is 44.4 Å². The minimum atomic E-state index is -0.226. The molecule has 22 heavy (non-hydrogen) atoms. The summed E-state index contributed by atoms with van der Waals surface area (Å²) in [5, 5.41) is 0. The number of nitrogens with zero attached hydrogens (tertiary/aromatic N) is 1. The van der Waals surface area contributed by atoms with Crippen molar-refractivity contribution in [2.24, 2.45) is 4.99 Å². The first-order chi connectivity index (χ1) is 10.4. The van der Waals surface area contributed by atoms with E-state index in [2.05, 4.69) is 67.0 Å². The van der Waals surface area contributed by atoms with E-state index >= 15 is 0 Å². The summed E-state index contributed by atoms with van der Waals surface area (Å²) in [6.07, 6.45) is 0.813. The fourth-order valence-electron chi connectivity index (χ4n) is 2.80. The number of fused-ring (bicyclic) bond motifs is 1. The van der Waals surface area contributed by atoms with Crippen LogP contribution in [0.4, 0.5) is 0 Å². The van der Waals surface area contributed by atoms with Gasteiger partial charge in [0, 0.05) is 16.5 Å². The lowest BCUT2D eigenvalue weighted by Crippen LogP contribution is -2.36. The number of halogens is 1. The fourth-order valence-corrected chi connectivity index (χ4v) is 3.17. The summed E-state index contributed by atoms with van der Waals surface area (Å²) in [6, 6.07) is 16.7. The molecule has 0 saturated carbocycles. The Labute approximate surface area is 140 Å². The van der Waals surface area contributed by atoms with Crippen molar-refractivity contribution in [2.75, 3.05) is 0 Å². The van der Waals surface area contributed by atoms with Gasteiger partial charge < -0.3 is 4.74 Å². The Hall–Kier alpha value is -1.61. The molecule has 1 aliphatic heterocycles. The van der Waals surface area contributed by atoms with E-state index in [0.717, 1.165) is 27.9 Å². The van der Waals surface area contributed by atoms with Crippen LogP contribution in [0.15, 0.2) is 58.0 Å². The normalized spacial score (nSPS) is 19.4. The van der Waals surface area contributed by atoms with E-state index in [1.54, 1.807) is 0 Å². The van der Waals surface area contributed by atoms with Crippen molar-refractivity contribution in [1.29, 1.82) is 0 Å². The molecule has 114 valence electrons. The maximum atomic E-state index is 6.09. The second-order valence-electron chi connectivity index (χ2n) is 6.34. The van der Waals surface area contributed by atoms with Gasteiger partial charge in [0.15, 0.2) is 0 Å². The number of hydrogen-bond donors (Lipinski definition) is 0. The Balaban J connectivity index is 2.02. The lowest BCUT2D eigenvalue weighted by atomic mass is 9.92. The van der Waals surface area contributed by atoms with Crippen LogP contribution in [0, 0.1) is 0 Å². The molecule has 1 aliphatic rings. The largest absolute Gasteiger partial charge is 0.487 e. The lowest BCUT2D eigenvalue weighted by molar-refractivity contribution is 0.111. The molecule has 2 aromatic carbocycles. The zero-order valence-corrected chi connectivity index (χ0v) is 14.7. The third-order valence-corrected chi connectivity index (χ3v) is 4.36. The van der Waals surface area contributed by atoms with Crippen LogP contribution in [0.3, 0.4) is 0 Å². The quantitative estimate of drug-likeness (QED) is 0.689. The van der Waals surface area contributed by atoms with Crippen LogP contribution in [-0.4, -0.2) is 11.3 Å². The topological polar surface area (TPSA) is 21.6 Å². The molecule has 1 heterocycles. The van der Waals surface area contributed by atoms with E-state index in [1.807, 2.05) is 18.2 Å². The summed E-state index contributed by atoms with van der Waals surface area (Å²) >= 11 is 3.55. The molecule has 1 atom stereocenters. The van der Waals surface area contributed by atoms with Gasteiger partial charge in [0.05, 0.1) is 11.8 Å². The first-order valence-electron chi connectivity index (χ1n) is 7.55. The fraction of sp³-hybridized carbons (Fsp3) is 0.316. The molecule has 0 radical (unpaired) electrons. The minimum absolute atomic E-state index is 0.136. The second-order valence-corrected chi connectivity index (χ2v) is 7.26. The molecule has 2 aromatic rings. The van der Waals surface area contributed by atoms with E-state index < -0.39 is 0 Å². The standard InChI is InChI=1S/C19H20BrNO/c1-13(14-7-5-4-6-8-14)21-17-12-19(2,3)22-18-10-9-15(20)11-16(17)18/h4-11,13H,12H2,1-3H3. The highest BCUT2D eigenvalue weighted by Gasteiger charge is 2.31. The second kappa shape index (κ2) is 5.88. The van der Waals surface area contributed by atoms with Gasteiger partial charge in [0.1, 0.15) is 11.4 Å². The number of hydrogen-bond acceptors (Lipinski definition) is 2. The first-order valence-corrected chi connectivity index (χ1v) is 8.34. The van der Waals surface area contributed by atoms with Crippen molar-refractivity contribution in [2.45, 2.75) is 38.8 Å². The molecule has 2 nitrogen and oxygen atoms in total. The Morgan fingerprint density at radius 3 is 2.59 bits per heavy atom. The molecule has 0 amide bonds.